The molecule has 3 atom stereocenters. The van der Waals surface area contributed by atoms with E-state index in [2.05, 4.69) is 41.0 Å². The van der Waals surface area contributed by atoms with Crippen LogP contribution in [0.15, 0.2) is 59.8 Å². The number of nitrogens with one attached hydrogen (secondary N) is 2. The Morgan fingerprint density at radius 1 is 1.13 bits per heavy atom. The highest BCUT2D eigenvalue weighted by molar-refractivity contribution is 7.84. The molecule has 3 aromatic rings. The quantitative estimate of drug-likeness (QED) is 0.426. The summed E-state index contributed by atoms with van der Waals surface area (Å²) in [5.74, 6) is 1.77. The second-order valence-electron chi connectivity index (χ2n) is 8.35. The zero-order valence-electron chi connectivity index (χ0n) is 17.0. The number of allylic oxidation sites excluding steroid dienone is 1. The van der Waals surface area contributed by atoms with Crippen LogP contribution in [0.25, 0.3) is 16.8 Å². The molecule has 154 valence electrons. The highest BCUT2D eigenvalue weighted by Gasteiger charge is 2.42. The van der Waals surface area contributed by atoms with Crippen LogP contribution >= 0.6 is 12.6 Å². The molecule has 5 rings (SSSR count). The van der Waals surface area contributed by atoms with Gasteiger partial charge in [-0.2, -0.15) is 4.98 Å². The van der Waals surface area contributed by atoms with Gasteiger partial charge in [-0.1, -0.05) is 30.3 Å². The molecular weight excluding hydrogens is 392 g/mol. The number of rotatable bonds is 5. The van der Waals surface area contributed by atoms with Crippen molar-refractivity contribution >= 4 is 29.9 Å². The van der Waals surface area contributed by atoms with Gasteiger partial charge in [-0.3, -0.25) is 0 Å². The van der Waals surface area contributed by atoms with E-state index in [-0.39, 0.29) is 0 Å². The molecule has 0 radical (unpaired) electrons. The first-order valence-corrected chi connectivity index (χ1v) is 10.9. The van der Waals surface area contributed by atoms with Gasteiger partial charge in [0.25, 0.3) is 0 Å². The third kappa shape index (κ3) is 3.58. The molecule has 6 nitrogen and oxygen atoms in total. The minimum atomic E-state index is 0.376. The predicted molar refractivity (Wildman–Crippen MR) is 124 cm³/mol. The molecule has 0 amide bonds. The molecule has 1 aromatic carbocycles. The van der Waals surface area contributed by atoms with Crippen molar-refractivity contribution in [2.75, 3.05) is 18.4 Å². The van der Waals surface area contributed by atoms with Gasteiger partial charge >= 0.3 is 0 Å². The average Bonchev–Trinajstić information content (AvgIpc) is 3.24. The Morgan fingerprint density at radius 2 is 1.87 bits per heavy atom. The van der Waals surface area contributed by atoms with Gasteiger partial charge in [-0.05, 0) is 55.4 Å². The first kappa shape index (κ1) is 19.2. The van der Waals surface area contributed by atoms with Gasteiger partial charge in [-0.25, -0.2) is 4.52 Å². The van der Waals surface area contributed by atoms with Crippen molar-refractivity contribution in [2.45, 2.75) is 25.8 Å². The maximum atomic E-state index is 7.70. The lowest BCUT2D eigenvalue weighted by Gasteiger charge is -2.39. The van der Waals surface area contributed by atoms with Gasteiger partial charge in [0.2, 0.25) is 5.95 Å². The standard InChI is InChI=1S/C23H26N6S/c1-15(24)12-20(30)28-13-17-9-10-18(14-28)21(17)25-23-26-22-19(8-5-11-29(22)27-23)16-6-3-2-4-7-16/h2-8,11-12,17-18,21,24,30H,9-10,13-14H2,1H3,(H,25,27)/b20-12-,24-15?/t17-,18+,21-. The Hall–Kier alpha value is -2.80. The third-order valence-electron chi connectivity index (χ3n) is 6.25. The van der Waals surface area contributed by atoms with E-state index in [0.717, 1.165) is 34.9 Å². The Bertz CT molecular complexity index is 1090. The number of aromatic nitrogens is 3. The van der Waals surface area contributed by atoms with E-state index >= 15 is 0 Å². The molecule has 2 aliphatic rings. The number of thiol groups is 1. The van der Waals surface area contributed by atoms with E-state index in [0.29, 0.717) is 29.5 Å². The first-order chi connectivity index (χ1) is 14.6. The van der Waals surface area contributed by atoms with Crippen LogP contribution in [0.2, 0.25) is 0 Å². The summed E-state index contributed by atoms with van der Waals surface area (Å²) in [4.78, 5) is 7.16. The third-order valence-corrected chi connectivity index (χ3v) is 6.66. The van der Waals surface area contributed by atoms with Crippen LogP contribution < -0.4 is 5.32 Å². The van der Waals surface area contributed by atoms with Gasteiger partial charge in [-0.15, -0.1) is 17.7 Å². The van der Waals surface area contributed by atoms with Crippen molar-refractivity contribution in [3.63, 3.8) is 0 Å². The second kappa shape index (κ2) is 7.80. The Labute approximate surface area is 181 Å². The van der Waals surface area contributed by atoms with Crippen molar-refractivity contribution in [2.24, 2.45) is 11.8 Å². The van der Waals surface area contributed by atoms with Crippen LogP contribution in [0, 0.1) is 17.2 Å². The van der Waals surface area contributed by atoms with Gasteiger partial charge in [0.05, 0.1) is 5.03 Å². The van der Waals surface area contributed by atoms with Gasteiger partial charge in [0, 0.05) is 36.6 Å². The summed E-state index contributed by atoms with van der Waals surface area (Å²) in [5.41, 5.74) is 3.64. The first-order valence-electron chi connectivity index (χ1n) is 10.5. The molecule has 2 N–H and O–H groups in total. The number of hydrogen-bond donors (Lipinski definition) is 3. The predicted octanol–water partition coefficient (Wildman–Crippen LogP) is 4.33. The number of likely N-dealkylation sites (tertiary alicyclic amines) is 1. The van der Waals surface area contributed by atoms with E-state index < -0.39 is 0 Å². The fraction of sp³-hybridized carbons (Fsp3) is 0.348. The number of anilines is 1. The summed E-state index contributed by atoms with van der Waals surface area (Å²) >= 11 is 4.63. The number of hydrogen-bond acceptors (Lipinski definition) is 6. The topological polar surface area (TPSA) is 69.3 Å². The smallest absolute Gasteiger partial charge is 0.243 e. The van der Waals surface area contributed by atoms with E-state index in [9.17, 15) is 0 Å². The molecule has 3 heterocycles. The summed E-state index contributed by atoms with van der Waals surface area (Å²) < 4.78 is 1.86. The average molecular weight is 419 g/mol. The maximum absolute atomic E-state index is 7.70. The lowest BCUT2D eigenvalue weighted by Crippen LogP contribution is -2.47. The summed E-state index contributed by atoms with van der Waals surface area (Å²) in [5, 5.41) is 17.0. The van der Waals surface area contributed by atoms with E-state index in [4.69, 9.17) is 15.5 Å². The van der Waals surface area contributed by atoms with Crippen LogP contribution in [-0.2, 0) is 0 Å². The van der Waals surface area contributed by atoms with Crippen molar-refractivity contribution < 1.29 is 0 Å². The summed E-state index contributed by atoms with van der Waals surface area (Å²) in [7, 11) is 0. The minimum absolute atomic E-state index is 0.376. The molecule has 7 heteroatoms. The molecule has 30 heavy (non-hydrogen) atoms. The molecule has 1 aliphatic heterocycles. The molecule has 1 saturated heterocycles. The molecule has 2 aromatic heterocycles. The molecule has 1 saturated carbocycles. The SMILES string of the molecule is CC(=N)/C=C(\S)N1C[C@H]2CC[C@@H](C1)[C@@H]2Nc1nc2c(-c3ccccc3)cccn2n1. The van der Waals surface area contributed by atoms with Crippen LogP contribution in [0.5, 0.6) is 0 Å². The van der Waals surface area contributed by atoms with Crippen LogP contribution in [0.4, 0.5) is 5.95 Å². The van der Waals surface area contributed by atoms with Gasteiger partial charge in [0.15, 0.2) is 5.65 Å². The number of nitrogens with zero attached hydrogens (tertiary/aromatic N) is 4. The number of piperidine rings is 1. The van der Waals surface area contributed by atoms with Crippen LogP contribution in [0.1, 0.15) is 19.8 Å². The monoisotopic (exact) mass is 418 g/mol. The van der Waals surface area contributed by atoms with Gasteiger partial charge in [0.1, 0.15) is 0 Å². The van der Waals surface area contributed by atoms with E-state index in [1.807, 2.05) is 41.1 Å². The molecule has 0 unspecified atom stereocenters. The lowest BCUT2D eigenvalue weighted by molar-refractivity contribution is 0.205. The van der Waals surface area contributed by atoms with Crippen molar-refractivity contribution in [1.82, 2.24) is 19.5 Å². The van der Waals surface area contributed by atoms with Crippen molar-refractivity contribution in [3.8, 4) is 11.1 Å². The fourth-order valence-corrected chi connectivity index (χ4v) is 5.25. The van der Waals surface area contributed by atoms with Crippen LogP contribution in [0.3, 0.4) is 0 Å². The molecule has 1 aliphatic carbocycles. The molecular formula is C23H26N6S. The zero-order chi connectivity index (χ0) is 20.7. The highest BCUT2D eigenvalue weighted by Crippen LogP contribution is 2.40. The largest absolute Gasteiger partial charge is 0.366 e. The normalized spacial score (nSPS) is 23.7. The van der Waals surface area contributed by atoms with Crippen molar-refractivity contribution in [3.05, 3.63) is 59.8 Å². The van der Waals surface area contributed by atoms with Crippen molar-refractivity contribution in [1.29, 1.82) is 5.41 Å². The lowest BCUT2D eigenvalue weighted by atomic mass is 9.92. The summed E-state index contributed by atoms with van der Waals surface area (Å²) in [6.07, 6.45) is 6.19. The molecule has 2 fully saturated rings. The summed E-state index contributed by atoms with van der Waals surface area (Å²) in [6.45, 7) is 3.71. The fourth-order valence-electron chi connectivity index (χ4n) is 4.89. The van der Waals surface area contributed by atoms with E-state index in [1.54, 1.807) is 6.92 Å². The highest BCUT2D eigenvalue weighted by atomic mass is 32.1. The Kier molecular flexibility index (Phi) is 4.98. The molecule has 2 bridgehead atoms. The second-order valence-corrected chi connectivity index (χ2v) is 8.81. The van der Waals surface area contributed by atoms with Crippen LogP contribution in [-0.4, -0.2) is 44.3 Å². The maximum Gasteiger partial charge on any atom is 0.243 e. The molecule has 0 spiro atoms. The zero-order valence-corrected chi connectivity index (χ0v) is 17.9. The number of fused-ring (bicyclic) bond motifs is 3. The number of benzene rings is 1. The Balaban J connectivity index is 1.38. The Morgan fingerprint density at radius 3 is 2.57 bits per heavy atom. The summed E-state index contributed by atoms with van der Waals surface area (Å²) in [6, 6.07) is 14.8. The number of pyridine rings is 1. The van der Waals surface area contributed by atoms with Gasteiger partial charge < -0.3 is 15.6 Å². The minimum Gasteiger partial charge on any atom is -0.366 e. The van der Waals surface area contributed by atoms with E-state index in [1.165, 1.54) is 12.8 Å².